The lowest BCUT2D eigenvalue weighted by Crippen LogP contribution is -2.39. The molecule has 0 aliphatic carbocycles. The quantitative estimate of drug-likeness (QED) is 0.591. The molecule has 1 saturated heterocycles. The van der Waals surface area contributed by atoms with Crippen LogP contribution in [0.15, 0.2) is 53.4 Å². The van der Waals surface area contributed by atoms with E-state index in [2.05, 4.69) is 0 Å². The molecular weight excluding hydrogens is 409 g/mol. The predicted octanol–water partition coefficient (Wildman–Crippen LogP) is 3.76. The molecule has 162 valence electrons. The molecule has 1 aliphatic rings. The van der Waals surface area contributed by atoms with Gasteiger partial charge in [-0.1, -0.05) is 32.0 Å². The molecule has 1 amide bonds. The number of hydrogen-bond donors (Lipinski definition) is 0. The summed E-state index contributed by atoms with van der Waals surface area (Å²) in [6.07, 6.45) is 1.83. The molecule has 8 heteroatoms. The van der Waals surface area contributed by atoms with Gasteiger partial charge in [-0.05, 0) is 43.2 Å². The third-order valence-electron chi connectivity index (χ3n) is 4.89. The minimum absolute atomic E-state index is 0.0243. The monoisotopic (exact) mass is 435 g/mol. The number of amides is 1. The average Bonchev–Trinajstić information content (AvgIpc) is 3.21. The molecular formula is C22H26FNO5S. The average molecular weight is 436 g/mol. The molecule has 30 heavy (non-hydrogen) atoms. The first-order valence-electron chi connectivity index (χ1n) is 9.94. The molecule has 1 aliphatic heterocycles. The van der Waals surface area contributed by atoms with Crippen molar-refractivity contribution in [3.63, 3.8) is 0 Å². The number of benzene rings is 2. The maximum Gasteiger partial charge on any atom is 0.339 e. The van der Waals surface area contributed by atoms with Gasteiger partial charge in [0.2, 0.25) is 5.91 Å². The van der Waals surface area contributed by atoms with Gasteiger partial charge < -0.3 is 13.8 Å². The summed E-state index contributed by atoms with van der Waals surface area (Å²) in [5.74, 6) is -0.647. The highest BCUT2D eigenvalue weighted by Gasteiger charge is 2.26. The fraction of sp³-hybridized carbons (Fsp3) is 0.409. The third-order valence-corrected chi connectivity index (χ3v) is 6.14. The van der Waals surface area contributed by atoms with Crippen LogP contribution in [-0.4, -0.2) is 38.5 Å². The van der Waals surface area contributed by atoms with E-state index in [1.807, 2.05) is 13.8 Å². The predicted molar refractivity (Wildman–Crippen MR) is 110 cm³/mol. The van der Waals surface area contributed by atoms with Crippen LogP contribution in [0, 0.1) is 11.7 Å². The van der Waals surface area contributed by atoms with Crippen molar-refractivity contribution in [1.82, 2.24) is 4.90 Å². The minimum atomic E-state index is -4.14. The summed E-state index contributed by atoms with van der Waals surface area (Å²) < 4.78 is 49.4. The SMILES string of the molecule is CC(C)C(=O)N(Cc1ccccc1OS(=O)(=O)c1ccc(F)cc1)C[C@H]1CCCO1. The van der Waals surface area contributed by atoms with Crippen LogP contribution < -0.4 is 4.18 Å². The first kappa shape index (κ1) is 22.2. The fourth-order valence-corrected chi connectivity index (χ4v) is 4.29. The van der Waals surface area contributed by atoms with E-state index in [9.17, 15) is 17.6 Å². The topological polar surface area (TPSA) is 72.9 Å². The van der Waals surface area contributed by atoms with Crippen LogP contribution in [0.1, 0.15) is 32.3 Å². The molecule has 6 nitrogen and oxygen atoms in total. The molecule has 1 atom stereocenters. The summed E-state index contributed by atoms with van der Waals surface area (Å²) >= 11 is 0. The lowest BCUT2D eigenvalue weighted by atomic mass is 10.1. The Hall–Kier alpha value is -2.45. The van der Waals surface area contributed by atoms with Gasteiger partial charge in [0, 0.05) is 31.2 Å². The standard InChI is InChI=1S/C22H26FNO5S/c1-16(2)22(25)24(15-19-7-5-13-28-19)14-17-6-3-4-8-21(17)29-30(26,27)20-11-9-18(23)10-12-20/h3-4,6,8-12,16,19H,5,7,13-15H2,1-2H3/t19-/m1/s1. The number of carbonyl (C=O) groups is 1. The molecule has 2 aromatic carbocycles. The third kappa shape index (κ3) is 5.58. The van der Waals surface area contributed by atoms with Crippen molar-refractivity contribution in [3.05, 3.63) is 59.9 Å². The number of ether oxygens (including phenoxy) is 1. The van der Waals surface area contributed by atoms with Crippen molar-refractivity contribution in [2.75, 3.05) is 13.2 Å². The molecule has 0 saturated carbocycles. The Morgan fingerprint density at radius 2 is 1.90 bits per heavy atom. The second-order valence-corrected chi connectivity index (χ2v) is 9.15. The minimum Gasteiger partial charge on any atom is -0.379 e. The summed E-state index contributed by atoms with van der Waals surface area (Å²) in [5.41, 5.74) is 0.565. The van der Waals surface area contributed by atoms with Crippen molar-refractivity contribution in [3.8, 4) is 5.75 Å². The van der Waals surface area contributed by atoms with E-state index in [4.69, 9.17) is 8.92 Å². The molecule has 1 fully saturated rings. The van der Waals surface area contributed by atoms with Gasteiger partial charge in [-0.3, -0.25) is 4.79 Å². The Kier molecular flexibility index (Phi) is 7.10. The summed E-state index contributed by atoms with van der Waals surface area (Å²) in [6, 6.07) is 11.1. The Labute approximate surface area is 176 Å². The number of halogens is 1. The second kappa shape index (κ2) is 9.57. The zero-order chi connectivity index (χ0) is 21.7. The van der Waals surface area contributed by atoms with E-state index >= 15 is 0 Å². The van der Waals surface area contributed by atoms with Crippen LogP contribution in [0.3, 0.4) is 0 Å². The Morgan fingerprint density at radius 1 is 1.20 bits per heavy atom. The van der Waals surface area contributed by atoms with Gasteiger partial charge in [-0.25, -0.2) is 4.39 Å². The van der Waals surface area contributed by atoms with Crippen molar-refractivity contribution >= 4 is 16.0 Å². The summed E-state index contributed by atoms with van der Waals surface area (Å²) in [6.45, 7) is 4.98. The van der Waals surface area contributed by atoms with E-state index in [0.29, 0.717) is 18.7 Å². The highest BCUT2D eigenvalue weighted by atomic mass is 32.2. The van der Waals surface area contributed by atoms with E-state index in [1.54, 1.807) is 29.2 Å². The summed E-state index contributed by atoms with van der Waals surface area (Å²) in [7, 11) is -4.14. The Morgan fingerprint density at radius 3 is 2.53 bits per heavy atom. The van der Waals surface area contributed by atoms with Crippen molar-refractivity contribution in [2.45, 2.75) is 44.2 Å². The second-order valence-electron chi connectivity index (χ2n) is 7.61. The zero-order valence-electron chi connectivity index (χ0n) is 17.1. The molecule has 3 rings (SSSR count). The van der Waals surface area contributed by atoms with Gasteiger partial charge in [0.15, 0.2) is 0 Å². The van der Waals surface area contributed by atoms with Gasteiger partial charge in [0.25, 0.3) is 0 Å². The first-order chi connectivity index (χ1) is 14.3. The largest absolute Gasteiger partial charge is 0.379 e. The maximum atomic E-state index is 13.1. The van der Waals surface area contributed by atoms with E-state index in [0.717, 1.165) is 37.1 Å². The maximum absolute atomic E-state index is 13.1. The molecule has 0 radical (unpaired) electrons. The molecule has 0 bridgehead atoms. The number of para-hydroxylation sites is 1. The Bertz CT molecular complexity index is 969. The number of hydrogen-bond acceptors (Lipinski definition) is 5. The van der Waals surface area contributed by atoms with Gasteiger partial charge in [-0.2, -0.15) is 8.42 Å². The van der Waals surface area contributed by atoms with Gasteiger partial charge >= 0.3 is 10.1 Å². The van der Waals surface area contributed by atoms with Crippen LogP contribution in [0.2, 0.25) is 0 Å². The lowest BCUT2D eigenvalue weighted by Gasteiger charge is -2.28. The highest BCUT2D eigenvalue weighted by Crippen LogP contribution is 2.26. The van der Waals surface area contributed by atoms with Crippen molar-refractivity contribution < 1.29 is 26.5 Å². The molecule has 2 aromatic rings. The smallest absolute Gasteiger partial charge is 0.339 e. The molecule has 1 heterocycles. The Balaban J connectivity index is 1.83. The van der Waals surface area contributed by atoms with E-state index in [-0.39, 0.29) is 35.1 Å². The fourth-order valence-electron chi connectivity index (χ4n) is 3.32. The van der Waals surface area contributed by atoms with Crippen LogP contribution in [0.25, 0.3) is 0 Å². The van der Waals surface area contributed by atoms with Crippen molar-refractivity contribution in [1.29, 1.82) is 0 Å². The first-order valence-corrected chi connectivity index (χ1v) is 11.4. The normalized spacial score (nSPS) is 16.6. The molecule has 0 aromatic heterocycles. The number of carbonyl (C=O) groups excluding carboxylic acids is 1. The molecule has 0 unspecified atom stereocenters. The van der Waals surface area contributed by atoms with E-state index in [1.165, 1.54) is 0 Å². The van der Waals surface area contributed by atoms with Crippen LogP contribution in [0.4, 0.5) is 4.39 Å². The van der Waals surface area contributed by atoms with Crippen LogP contribution in [-0.2, 0) is 26.2 Å². The highest BCUT2D eigenvalue weighted by molar-refractivity contribution is 7.87. The molecule has 0 spiro atoms. The van der Waals surface area contributed by atoms with Gasteiger partial charge in [0.05, 0.1) is 6.10 Å². The molecule has 0 N–H and O–H groups in total. The van der Waals surface area contributed by atoms with Crippen molar-refractivity contribution in [2.24, 2.45) is 5.92 Å². The van der Waals surface area contributed by atoms with Gasteiger partial charge in [0.1, 0.15) is 16.5 Å². The lowest BCUT2D eigenvalue weighted by molar-refractivity contribution is -0.136. The number of nitrogens with zero attached hydrogens (tertiary/aromatic N) is 1. The number of rotatable bonds is 8. The zero-order valence-corrected chi connectivity index (χ0v) is 17.9. The summed E-state index contributed by atoms with van der Waals surface area (Å²) in [5, 5.41) is 0. The van der Waals surface area contributed by atoms with Crippen LogP contribution in [0.5, 0.6) is 5.75 Å². The van der Waals surface area contributed by atoms with Crippen LogP contribution >= 0.6 is 0 Å². The van der Waals surface area contributed by atoms with Gasteiger partial charge in [-0.15, -0.1) is 0 Å². The van der Waals surface area contributed by atoms with E-state index < -0.39 is 15.9 Å². The summed E-state index contributed by atoms with van der Waals surface area (Å²) in [4.78, 5) is 14.3.